The zero-order valence-electron chi connectivity index (χ0n) is 56.6. The van der Waals surface area contributed by atoms with Crippen molar-refractivity contribution >= 4 is 79.6 Å². The van der Waals surface area contributed by atoms with Gasteiger partial charge in [0.15, 0.2) is 5.57 Å². The zero-order valence-corrected chi connectivity index (χ0v) is 57.5. The number of aryl methyl sites for hydroxylation is 6. The molecule has 0 amide bonds. The number of H-pyrrole nitrogens is 3. The molecule has 4 aromatic heterocycles. The molecule has 8 aromatic rings. The van der Waals surface area contributed by atoms with Gasteiger partial charge < -0.3 is 25.6 Å². The number of aromatic nitrogens is 3. The van der Waals surface area contributed by atoms with Crippen molar-refractivity contribution < 1.29 is 0 Å². The summed E-state index contributed by atoms with van der Waals surface area (Å²) in [6.45, 7) is 27.2. The Bertz CT molecular complexity index is 3830. The first-order valence-electron chi connectivity index (χ1n) is 31.9. The number of aromatic amines is 3. The van der Waals surface area contributed by atoms with E-state index in [9.17, 15) is 0 Å². The van der Waals surface area contributed by atoms with Crippen molar-refractivity contribution in [2.75, 3.05) is 17.7 Å². The van der Waals surface area contributed by atoms with E-state index >= 15 is 0 Å². The topological polar surface area (TPSA) is 96.2 Å². The molecule has 13 rings (SSSR count). The van der Waals surface area contributed by atoms with Crippen LogP contribution in [0, 0.1) is 47.6 Å². The number of thiophene rings is 1. The summed E-state index contributed by atoms with van der Waals surface area (Å²) in [5.74, 6) is 0. The Morgan fingerprint density at radius 3 is 1.15 bits per heavy atom. The number of anilines is 3. The molecule has 0 fully saturated rings. The summed E-state index contributed by atoms with van der Waals surface area (Å²) in [6.07, 6.45) is 39.0. The maximum atomic E-state index is 4.69. The predicted molar refractivity (Wildman–Crippen MR) is 405 cm³/mol. The molecule has 0 atom stereocenters. The van der Waals surface area contributed by atoms with Gasteiger partial charge in [-0.15, -0.1) is 11.3 Å². The predicted octanol–water partition coefficient (Wildman–Crippen LogP) is 24.1. The van der Waals surface area contributed by atoms with Crippen molar-refractivity contribution in [3.63, 3.8) is 0 Å². The average molecular weight is 1230 g/mol. The Hall–Kier alpha value is -9.85. The van der Waals surface area contributed by atoms with Gasteiger partial charge in [-0.2, -0.15) is 0 Å². The van der Waals surface area contributed by atoms with E-state index in [1.807, 2.05) is 156 Å². The quantitative estimate of drug-likeness (QED) is 0.0536. The highest BCUT2D eigenvalue weighted by Crippen LogP contribution is 2.33. The van der Waals surface area contributed by atoms with Crippen molar-refractivity contribution in [2.45, 2.75) is 116 Å². The largest absolute Gasteiger partial charge is 0.388 e. The average Bonchev–Trinajstić information content (AvgIpc) is 1.77. The highest BCUT2D eigenvalue weighted by molar-refractivity contribution is 7.11. The lowest BCUT2D eigenvalue weighted by Crippen LogP contribution is -1.99. The molecule has 0 spiro atoms. The van der Waals surface area contributed by atoms with Crippen molar-refractivity contribution in [3.8, 4) is 0 Å². The fraction of sp³-hybridized carbons (Fsp3) is 0.214. The molecule has 5 N–H and O–H groups in total. The molecule has 92 heavy (non-hydrogen) atoms. The number of nitrogens with one attached hydrogen (secondary N) is 5. The first-order chi connectivity index (χ1) is 44.4. The van der Waals surface area contributed by atoms with Crippen LogP contribution in [-0.2, 0) is 0 Å². The summed E-state index contributed by atoms with van der Waals surface area (Å²) >= 11 is 1.84. The van der Waals surface area contributed by atoms with Gasteiger partial charge in [-0.1, -0.05) is 125 Å². The van der Waals surface area contributed by atoms with Crippen molar-refractivity contribution in [1.82, 2.24) is 15.0 Å². The third kappa shape index (κ3) is 23.5. The molecule has 8 heteroatoms. The number of hydrogen-bond acceptors (Lipinski definition) is 5. The van der Waals surface area contributed by atoms with Crippen LogP contribution in [0.5, 0.6) is 0 Å². The molecule has 4 aromatic carbocycles. The van der Waals surface area contributed by atoms with Gasteiger partial charge in [0.05, 0.1) is 34.9 Å². The van der Waals surface area contributed by atoms with Crippen LogP contribution in [0.2, 0.25) is 0 Å². The van der Waals surface area contributed by atoms with E-state index in [1.165, 1.54) is 105 Å². The minimum absolute atomic E-state index is 0.904. The Morgan fingerprint density at radius 2 is 0.804 bits per heavy atom. The fourth-order valence-corrected chi connectivity index (χ4v) is 10.7. The van der Waals surface area contributed by atoms with Gasteiger partial charge in [0.2, 0.25) is 0 Å². The van der Waals surface area contributed by atoms with E-state index in [0.29, 0.717) is 0 Å². The molecule has 0 aliphatic heterocycles. The van der Waals surface area contributed by atoms with Crippen LogP contribution in [0.25, 0.3) is 28.4 Å². The molecule has 0 unspecified atom stereocenters. The molecular formula is C84H94N7S+. The number of allylic oxidation sites excluding steroid dienone is 23. The molecule has 5 aliphatic carbocycles. The van der Waals surface area contributed by atoms with E-state index in [2.05, 4.69) is 226 Å². The number of aliphatic imine (C=N–C) groups is 2. The number of nitrogens with zero attached hydrogens (tertiary/aromatic N) is 2. The minimum atomic E-state index is 0.904. The molecule has 0 radical (unpaired) electrons. The van der Waals surface area contributed by atoms with Gasteiger partial charge in [0, 0.05) is 81.3 Å². The normalized spacial score (nSPS) is 14.0. The second kappa shape index (κ2) is 36.1. The summed E-state index contributed by atoms with van der Waals surface area (Å²) in [5.41, 5.74) is 29.3. The van der Waals surface area contributed by atoms with Gasteiger partial charge in [-0.05, 0) is 252 Å². The van der Waals surface area contributed by atoms with Crippen LogP contribution >= 0.6 is 11.3 Å². The maximum absolute atomic E-state index is 4.69. The third-order valence-electron chi connectivity index (χ3n) is 15.2. The van der Waals surface area contributed by atoms with Crippen molar-refractivity contribution in [3.05, 3.63) is 320 Å². The lowest BCUT2D eigenvalue weighted by atomic mass is 10.1. The minimum Gasteiger partial charge on any atom is -0.388 e. The molecule has 7 nitrogen and oxygen atoms in total. The molecule has 0 saturated carbocycles. The SMILES string of the molecule is C/C=C/C.C/C=C/c1ccc(C)cc1.CC1=CC=C(c2ccc(C3=CC=C(C)C3)[nH]2)C1.CC1=C[C+]=C(c2ccc(C3=CC=C(C)C3)[nH]2)C1.CNc1ccc(Nc2ccc(N=C3C=CC(=Nc4ccc(C)cc4)C=C3)cc2)cc1.Cc1ccc(C)[nH]1.Cc1ccc(C)s1. The molecule has 5 aliphatic rings. The van der Waals surface area contributed by atoms with Crippen molar-refractivity contribution in [1.29, 1.82) is 0 Å². The molecule has 0 bridgehead atoms. The fourth-order valence-electron chi connectivity index (χ4n) is 9.93. The Labute approximate surface area is 554 Å². The second-order valence-electron chi connectivity index (χ2n) is 23.6. The molecule has 4 heterocycles. The summed E-state index contributed by atoms with van der Waals surface area (Å²) < 4.78 is 0. The Morgan fingerprint density at radius 1 is 0.402 bits per heavy atom. The Kier molecular flexibility index (Phi) is 27.3. The smallest absolute Gasteiger partial charge is 0.155 e. The summed E-state index contributed by atoms with van der Waals surface area (Å²) in [5, 5.41) is 6.52. The van der Waals surface area contributed by atoms with Gasteiger partial charge in [-0.25, -0.2) is 9.98 Å². The van der Waals surface area contributed by atoms with E-state index < -0.39 is 0 Å². The number of benzene rings is 4. The van der Waals surface area contributed by atoms with Crippen LogP contribution in [0.15, 0.2) is 263 Å². The number of hydrogen-bond donors (Lipinski definition) is 5. The van der Waals surface area contributed by atoms with Gasteiger partial charge in [0.1, 0.15) is 11.8 Å². The lowest BCUT2D eigenvalue weighted by Gasteiger charge is -2.08. The van der Waals surface area contributed by atoms with E-state index in [1.54, 1.807) is 0 Å². The van der Waals surface area contributed by atoms with Crippen LogP contribution in [0.1, 0.15) is 135 Å². The number of rotatable bonds is 10. The summed E-state index contributed by atoms with van der Waals surface area (Å²) in [6, 6.07) is 50.1. The molecule has 0 saturated heterocycles. The summed E-state index contributed by atoms with van der Waals surface area (Å²) in [7, 11) is 1.91. The van der Waals surface area contributed by atoms with Crippen molar-refractivity contribution in [2.24, 2.45) is 9.98 Å². The first kappa shape index (κ1) is 69.6. The molecule has 470 valence electrons. The Balaban J connectivity index is 0.000000167. The summed E-state index contributed by atoms with van der Waals surface area (Å²) in [4.78, 5) is 22.3. The standard InChI is InChI=1S/C26H24N4.C16H17N.C16H16N.C10H12.C6H9N.C6H8S.C4H8/c1-19-3-5-21(6-4-19)28-23-11-13-25(14-12-23)30-26-17-15-24(16-18-26)29-22-9-7-20(27-2)8-10-22;2*1-11-3-5-13(9-11)15-7-8-16(17-15)14-6-4-12(2)10-14;1-3-4-10-7-5-9(2)6-8-10;2*1-5-3-4-6(2)7-5;1-3-4-2/h3-18,27,29H,1-2H3;3-8,17H,9-10H2,1-2H3;3-5,7-8,17H,9-10H2,1-2H3;3-8H,1-2H3;3-4,7H,1-2H3;3-4H,1-2H3;3-4H,1-2H3/q;;+1;;;;/b;;;4-3+;;;4-3+. The van der Waals surface area contributed by atoms with Crippen LogP contribution < -0.4 is 10.6 Å². The highest BCUT2D eigenvalue weighted by Gasteiger charge is 2.21. The zero-order chi connectivity index (χ0) is 65.8. The van der Waals surface area contributed by atoms with Crippen LogP contribution in [-0.4, -0.2) is 33.4 Å². The highest BCUT2D eigenvalue weighted by atomic mass is 32.1. The van der Waals surface area contributed by atoms with Gasteiger partial charge >= 0.3 is 0 Å². The molecular weight excluding hydrogens is 1140 g/mol. The van der Waals surface area contributed by atoms with Crippen LogP contribution in [0.4, 0.5) is 28.4 Å². The first-order valence-corrected chi connectivity index (χ1v) is 32.7. The van der Waals surface area contributed by atoms with E-state index in [4.69, 9.17) is 4.99 Å². The third-order valence-corrected chi connectivity index (χ3v) is 16.1. The van der Waals surface area contributed by atoms with E-state index in [-0.39, 0.29) is 0 Å². The maximum Gasteiger partial charge on any atom is 0.155 e. The van der Waals surface area contributed by atoms with Gasteiger partial charge in [-0.3, -0.25) is 0 Å². The van der Waals surface area contributed by atoms with Crippen LogP contribution in [0.3, 0.4) is 0 Å². The van der Waals surface area contributed by atoms with Gasteiger partial charge in [0.25, 0.3) is 0 Å². The monoisotopic (exact) mass is 1230 g/mol. The lowest BCUT2D eigenvalue weighted by molar-refractivity contribution is 1.19. The second-order valence-corrected chi connectivity index (χ2v) is 25.1. The van der Waals surface area contributed by atoms with E-state index in [0.717, 1.165) is 65.5 Å².